The average molecular weight is 546 g/mol. The van der Waals surface area contributed by atoms with Crippen molar-refractivity contribution in [2.45, 2.75) is 63.1 Å². The van der Waals surface area contributed by atoms with Crippen LogP contribution in [0.2, 0.25) is 0 Å². The Labute approximate surface area is 230 Å². The van der Waals surface area contributed by atoms with Crippen molar-refractivity contribution in [3.05, 3.63) is 35.4 Å². The first-order valence-corrected chi connectivity index (χ1v) is 13.2. The van der Waals surface area contributed by atoms with Gasteiger partial charge in [-0.2, -0.15) is 13.5 Å². The number of carboxylic acid groups (broad SMARTS) is 1. The van der Waals surface area contributed by atoms with Gasteiger partial charge in [-0.15, -0.1) is 0 Å². The van der Waals surface area contributed by atoms with Crippen LogP contribution in [0, 0.1) is 17.8 Å². The number of hydrogen-bond donors (Lipinski definition) is 3. The summed E-state index contributed by atoms with van der Waals surface area (Å²) in [4.78, 5) is 38.9. The molecule has 38 heavy (non-hydrogen) atoms. The van der Waals surface area contributed by atoms with Crippen molar-refractivity contribution in [1.82, 2.24) is 15.5 Å². The molecule has 1 spiro atoms. The van der Waals surface area contributed by atoms with Gasteiger partial charge in [-0.3, -0.25) is 9.59 Å². The molecular weight excluding hydrogens is 506 g/mol. The predicted molar refractivity (Wildman–Crippen MR) is 147 cm³/mol. The maximum atomic E-state index is 12.9. The second kappa shape index (κ2) is 10.8. The van der Waals surface area contributed by atoms with E-state index in [0.717, 1.165) is 30.9 Å². The molecule has 10 heteroatoms. The van der Waals surface area contributed by atoms with Crippen molar-refractivity contribution in [1.29, 1.82) is 0 Å². The molecule has 2 bridgehead atoms. The van der Waals surface area contributed by atoms with E-state index in [9.17, 15) is 19.5 Å². The van der Waals surface area contributed by atoms with Crippen molar-refractivity contribution in [2.24, 2.45) is 17.8 Å². The number of rotatable bonds is 9. The summed E-state index contributed by atoms with van der Waals surface area (Å²) >= 11 is 0. The van der Waals surface area contributed by atoms with Gasteiger partial charge in [0.15, 0.2) is 11.5 Å². The summed E-state index contributed by atoms with van der Waals surface area (Å²) < 4.78 is 12.4. The van der Waals surface area contributed by atoms with Crippen LogP contribution in [0.15, 0.2) is 24.3 Å². The van der Waals surface area contributed by atoms with Crippen molar-refractivity contribution >= 4 is 31.3 Å². The minimum Gasteiger partial charge on any atom is -0.493 e. The molecule has 2 unspecified atom stereocenters. The van der Waals surface area contributed by atoms with Gasteiger partial charge in [0.05, 0.1) is 7.11 Å². The van der Waals surface area contributed by atoms with E-state index in [0.29, 0.717) is 12.0 Å². The molecule has 9 nitrogen and oxygen atoms in total. The molecule has 5 rings (SSSR count). The van der Waals surface area contributed by atoms with Crippen molar-refractivity contribution in [3.8, 4) is 11.5 Å². The molecule has 4 aliphatic rings. The average Bonchev–Trinajstić information content (AvgIpc) is 3.20. The Hall–Kier alpha value is -2.72. The monoisotopic (exact) mass is 545 g/mol. The fraction of sp³-hybridized carbons (Fsp3) is 0.607. The molecule has 1 fully saturated rings. The van der Waals surface area contributed by atoms with E-state index in [4.69, 9.17) is 9.47 Å². The zero-order valence-electron chi connectivity index (χ0n) is 22.5. The summed E-state index contributed by atoms with van der Waals surface area (Å²) in [6.07, 6.45) is 6.52. The first-order valence-electron chi connectivity index (χ1n) is 13.2. The normalized spacial score (nSPS) is 29.0. The van der Waals surface area contributed by atoms with Gasteiger partial charge in [0.2, 0.25) is 11.8 Å². The van der Waals surface area contributed by atoms with Gasteiger partial charge in [-0.1, -0.05) is 32.1 Å². The zero-order valence-corrected chi connectivity index (χ0v) is 23.5. The number of methoxy groups -OCH3 is 1. The van der Waals surface area contributed by atoms with Crippen LogP contribution in [0.25, 0.3) is 0 Å². The van der Waals surface area contributed by atoms with Crippen molar-refractivity contribution < 1.29 is 29.0 Å². The maximum absolute atomic E-state index is 12.9. The third-order valence-electron chi connectivity index (χ3n) is 8.83. The SMILES string of the molecule is COc1ccc2c3c1O[C@H]1[C@@H](CC(=O)NCCC(=O)NC(C(=O)O)C(C)C)C=CC4[C@@H](C2)N(C)CC[C@@]341.S. The molecule has 1 aromatic carbocycles. The minimum atomic E-state index is -1.06. The van der Waals surface area contributed by atoms with Crippen LogP contribution in [-0.2, 0) is 26.2 Å². The highest BCUT2D eigenvalue weighted by Gasteiger charge is 2.64. The zero-order chi connectivity index (χ0) is 26.5. The van der Waals surface area contributed by atoms with Crippen LogP contribution in [0.4, 0.5) is 0 Å². The third-order valence-corrected chi connectivity index (χ3v) is 8.83. The summed E-state index contributed by atoms with van der Waals surface area (Å²) in [5, 5.41) is 14.6. The number of carbonyl (C=O) groups excluding carboxylic acids is 2. The third kappa shape index (κ3) is 4.55. The Morgan fingerprint density at radius 2 is 2.00 bits per heavy atom. The number of likely N-dealkylation sites (N-methyl/N-ethyl adjacent to an activating group) is 1. The number of piperidine rings is 1. The van der Waals surface area contributed by atoms with E-state index in [2.05, 4.69) is 40.8 Å². The summed E-state index contributed by atoms with van der Waals surface area (Å²) in [5.41, 5.74) is 2.42. The summed E-state index contributed by atoms with van der Waals surface area (Å²) in [6.45, 7) is 4.61. The summed E-state index contributed by atoms with van der Waals surface area (Å²) in [6, 6.07) is 3.62. The molecule has 0 radical (unpaired) electrons. The Morgan fingerprint density at radius 1 is 1.24 bits per heavy atom. The number of ether oxygens (including phenoxy) is 2. The highest BCUT2D eigenvalue weighted by molar-refractivity contribution is 7.59. The molecule has 1 saturated heterocycles. The number of hydrogen-bond acceptors (Lipinski definition) is 6. The van der Waals surface area contributed by atoms with E-state index in [1.165, 1.54) is 11.1 Å². The fourth-order valence-corrected chi connectivity index (χ4v) is 7.05. The van der Waals surface area contributed by atoms with E-state index < -0.39 is 17.9 Å². The predicted octanol–water partition coefficient (Wildman–Crippen LogP) is 1.99. The van der Waals surface area contributed by atoms with Gasteiger partial charge in [-0.25, -0.2) is 4.79 Å². The van der Waals surface area contributed by atoms with Crippen LogP contribution in [0.1, 0.15) is 44.2 Å². The molecule has 2 amide bonds. The molecule has 2 aliphatic carbocycles. The summed E-state index contributed by atoms with van der Waals surface area (Å²) in [5.74, 6) is -0.0395. The lowest BCUT2D eigenvalue weighted by molar-refractivity contribution is -0.143. The molecule has 3 N–H and O–H groups in total. The van der Waals surface area contributed by atoms with Crippen molar-refractivity contribution in [2.75, 3.05) is 27.2 Å². The highest BCUT2D eigenvalue weighted by atomic mass is 32.1. The molecule has 0 aromatic heterocycles. The number of aliphatic carboxylic acids is 1. The molecule has 6 atom stereocenters. The number of benzene rings is 1. The molecule has 208 valence electrons. The smallest absolute Gasteiger partial charge is 0.326 e. The quantitative estimate of drug-likeness (QED) is 0.406. The van der Waals surface area contributed by atoms with Crippen LogP contribution >= 0.6 is 13.5 Å². The van der Waals surface area contributed by atoms with Gasteiger partial charge in [0, 0.05) is 48.2 Å². The van der Waals surface area contributed by atoms with Gasteiger partial charge >= 0.3 is 5.97 Å². The fourth-order valence-electron chi connectivity index (χ4n) is 7.05. The molecule has 0 saturated carbocycles. The Balaban J connectivity index is 0.00000336. The lowest BCUT2D eigenvalue weighted by Gasteiger charge is -2.57. The standard InChI is InChI=1S/C28H37N3O6.H2S/c1-15(2)24(27(34)35)30-21(32)9-11-29-22(33)14-17-5-7-18-19-13-16-6-8-20(36-4)25-23(16)28(18,26(17)37-25)10-12-31(19)3;/h5-8,15,17-19,24,26H,9-14H2,1-4H3,(H,29,33)(H,30,32)(H,34,35);1H2/t17-,18?,19-,24?,26+,28+;/m1./s1. The molecule has 1 aromatic rings. The lowest BCUT2D eigenvalue weighted by Crippen LogP contribution is -2.64. The Morgan fingerprint density at radius 3 is 2.68 bits per heavy atom. The minimum absolute atomic E-state index is 0. The first kappa shape index (κ1) is 28.3. The Bertz CT molecular complexity index is 1140. The van der Waals surface area contributed by atoms with Gasteiger partial charge in [0.1, 0.15) is 12.1 Å². The number of carboxylic acids is 1. The first-order chi connectivity index (χ1) is 17.7. The van der Waals surface area contributed by atoms with E-state index in [1.807, 2.05) is 6.07 Å². The molecular formula is C28H39N3O6S. The second-order valence-electron chi connectivity index (χ2n) is 11.2. The second-order valence-corrected chi connectivity index (χ2v) is 11.2. The highest BCUT2D eigenvalue weighted by Crippen LogP contribution is 2.63. The van der Waals surface area contributed by atoms with Crippen LogP contribution in [0.3, 0.4) is 0 Å². The van der Waals surface area contributed by atoms with Crippen LogP contribution in [-0.4, -0.2) is 73.2 Å². The van der Waals surface area contributed by atoms with Crippen molar-refractivity contribution in [3.63, 3.8) is 0 Å². The maximum Gasteiger partial charge on any atom is 0.326 e. The summed E-state index contributed by atoms with van der Waals surface area (Å²) in [7, 11) is 3.86. The van der Waals surface area contributed by atoms with E-state index in [1.54, 1.807) is 21.0 Å². The van der Waals surface area contributed by atoms with E-state index >= 15 is 0 Å². The number of carbonyl (C=O) groups is 3. The van der Waals surface area contributed by atoms with Gasteiger partial charge in [-0.05, 0) is 44.0 Å². The van der Waals surface area contributed by atoms with Crippen LogP contribution in [0.5, 0.6) is 11.5 Å². The molecule has 2 heterocycles. The molecule has 2 aliphatic heterocycles. The largest absolute Gasteiger partial charge is 0.493 e. The topological polar surface area (TPSA) is 117 Å². The Kier molecular flexibility index (Phi) is 8.04. The van der Waals surface area contributed by atoms with Gasteiger partial charge < -0.3 is 30.1 Å². The van der Waals surface area contributed by atoms with Crippen LogP contribution < -0.4 is 20.1 Å². The number of amides is 2. The van der Waals surface area contributed by atoms with Gasteiger partial charge in [0.25, 0.3) is 0 Å². The number of likely N-dealkylation sites (tertiary alicyclic amines) is 1. The lowest BCUT2D eigenvalue weighted by atomic mass is 9.52. The number of nitrogens with one attached hydrogen (secondary N) is 2. The van der Waals surface area contributed by atoms with E-state index in [-0.39, 0.29) is 62.1 Å². The number of nitrogens with zero attached hydrogens (tertiary/aromatic N) is 1.